The average Bonchev–Trinajstić information content (AvgIpc) is 2.78. The highest BCUT2D eigenvalue weighted by Gasteiger charge is 2.48. The minimum atomic E-state index is -0.542. The van der Waals surface area contributed by atoms with Crippen molar-refractivity contribution >= 4 is 17.3 Å². The Morgan fingerprint density at radius 1 is 1.00 bits per heavy atom. The maximum absolute atomic E-state index is 12.8. The van der Waals surface area contributed by atoms with E-state index in [-0.39, 0.29) is 29.2 Å². The summed E-state index contributed by atoms with van der Waals surface area (Å²) < 4.78 is 0. The lowest BCUT2D eigenvalue weighted by molar-refractivity contribution is -0.137. The lowest BCUT2D eigenvalue weighted by Crippen LogP contribution is -2.30. The van der Waals surface area contributed by atoms with Crippen LogP contribution in [-0.4, -0.2) is 17.3 Å². The third-order valence-electron chi connectivity index (χ3n) is 5.00. The first kappa shape index (κ1) is 20.1. The summed E-state index contributed by atoms with van der Waals surface area (Å²) in [6, 6.07) is 0. The number of Topliss-reactive ketones (excluding diaryl/α,β-unsaturated/α-hetero) is 3. The van der Waals surface area contributed by atoms with Crippen molar-refractivity contribution in [3.63, 3.8) is 0 Å². The van der Waals surface area contributed by atoms with Gasteiger partial charge in [0.2, 0.25) is 0 Å². The molecule has 0 radical (unpaired) electrons. The molecule has 23 heavy (non-hydrogen) atoms. The van der Waals surface area contributed by atoms with E-state index in [0.717, 1.165) is 19.3 Å². The standard InChI is InChI=1S/C20H34O3/c1-12(2)7-9-15-11-16(19(22)14(5)6)20(23)18(15)17(21)10-8-13(3)4/h12-16,18H,7-11H2,1-6H3. The van der Waals surface area contributed by atoms with Gasteiger partial charge in [-0.25, -0.2) is 0 Å². The van der Waals surface area contributed by atoms with E-state index in [1.807, 2.05) is 13.8 Å². The molecule has 0 bridgehead atoms. The predicted octanol–water partition coefficient (Wildman–Crippen LogP) is 4.47. The third-order valence-corrected chi connectivity index (χ3v) is 5.00. The smallest absolute Gasteiger partial charge is 0.154 e. The van der Waals surface area contributed by atoms with Gasteiger partial charge in [-0.15, -0.1) is 0 Å². The highest BCUT2D eigenvalue weighted by atomic mass is 16.2. The second-order valence-electron chi connectivity index (χ2n) is 8.36. The molecule has 3 atom stereocenters. The molecule has 0 heterocycles. The van der Waals surface area contributed by atoms with E-state index in [4.69, 9.17) is 0 Å². The zero-order valence-electron chi connectivity index (χ0n) is 15.7. The van der Waals surface area contributed by atoms with Gasteiger partial charge in [0.1, 0.15) is 11.6 Å². The van der Waals surface area contributed by atoms with Crippen molar-refractivity contribution in [2.24, 2.45) is 35.5 Å². The van der Waals surface area contributed by atoms with Crippen molar-refractivity contribution in [1.29, 1.82) is 0 Å². The SMILES string of the molecule is CC(C)CCC(=O)C1C(=O)C(C(=O)C(C)C)CC1CCC(C)C. The number of rotatable bonds is 9. The fourth-order valence-corrected chi connectivity index (χ4v) is 3.50. The Labute approximate surface area is 141 Å². The summed E-state index contributed by atoms with van der Waals surface area (Å²) in [7, 11) is 0. The Balaban J connectivity index is 2.88. The monoisotopic (exact) mass is 322 g/mol. The summed E-state index contributed by atoms with van der Waals surface area (Å²) in [4.78, 5) is 37.7. The first-order valence-corrected chi connectivity index (χ1v) is 9.25. The van der Waals surface area contributed by atoms with Crippen LogP contribution in [0.1, 0.15) is 73.6 Å². The average molecular weight is 322 g/mol. The molecule has 1 saturated carbocycles. The molecule has 1 fully saturated rings. The van der Waals surface area contributed by atoms with E-state index < -0.39 is 11.8 Å². The van der Waals surface area contributed by atoms with Crippen LogP contribution in [-0.2, 0) is 14.4 Å². The lowest BCUT2D eigenvalue weighted by atomic mass is 9.84. The molecule has 3 heteroatoms. The van der Waals surface area contributed by atoms with Gasteiger partial charge in [-0.3, -0.25) is 14.4 Å². The number of carbonyl (C=O) groups is 3. The highest BCUT2D eigenvalue weighted by Crippen LogP contribution is 2.40. The summed E-state index contributed by atoms with van der Waals surface area (Å²) in [6.45, 7) is 12.2. The summed E-state index contributed by atoms with van der Waals surface area (Å²) in [5.41, 5.74) is 0. The first-order valence-electron chi connectivity index (χ1n) is 9.25. The molecule has 0 N–H and O–H groups in total. The highest BCUT2D eigenvalue weighted by molar-refractivity contribution is 6.13. The van der Waals surface area contributed by atoms with E-state index in [2.05, 4.69) is 27.7 Å². The van der Waals surface area contributed by atoms with Gasteiger partial charge in [0.05, 0.1) is 11.8 Å². The number of carbonyl (C=O) groups excluding carboxylic acids is 3. The predicted molar refractivity (Wildman–Crippen MR) is 93.1 cm³/mol. The van der Waals surface area contributed by atoms with Gasteiger partial charge >= 0.3 is 0 Å². The van der Waals surface area contributed by atoms with Crippen molar-refractivity contribution in [2.75, 3.05) is 0 Å². The molecule has 3 unspecified atom stereocenters. The topological polar surface area (TPSA) is 51.2 Å². The van der Waals surface area contributed by atoms with Crippen molar-refractivity contribution in [3.05, 3.63) is 0 Å². The molecular formula is C20H34O3. The summed E-state index contributed by atoms with van der Waals surface area (Å²) in [6.07, 6.45) is 3.76. The van der Waals surface area contributed by atoms with Crippen LogP contribution in [0.25, 0.3) is 0 Å². The van der Waals surface area contributed by atoms with E-state index in [9.17, 15) is 14.4 Å². The van der Waals surface area contributed by atoms with Crippen LogP contribution >= 0.6 is 0 Å². The van der Waals surface area contributed by atoms with Crippen LogP contribution in [0.4, 0.5) is 0 Å². The quantitative estimate of drug-likeness (QED) is 0.588. The van der Waals surface area contributed by atoms with Gasteiger partial charge in [0.15, 0.2) is 5.78 Å². The minimum Gasteiger partial charge on any atom is -0.299 e. The second kappa shape index (κ2) is 8.75. The summed E-state index contributed by atoms with van der Waals surface area (Å²) in [5.74, 6) is -0.141. The zero-order chi connectivity index (χ0) is 17.7. The fourth-order valence-electron chi connectivity index (χ4n) is 3.50. The lowest BCUT2D eigenvalue weighted by Gasteiger charge is -2.18. The van der Waals surface area contributed by atoms with E-state index in [1.54, 1.807) is 0 Å². The largest absolute Gasteiger partial charge is 0.299 e. The number of hydrogen-bond acceptors (Lipinski definition) is 3. The van der Waals surface area contributed by atoms with Crippen LogP contribution in [0.15, 0.2) is 0 Å². The van der Waals surface area contributed by atoms with E-state index in [1.165, 1.54) is 0 Å². The van der Waals surface area contributed by atoms with Gasteiger partial charge < -0.3 is 0 Å². The molecule has 132 valence electrons. The summed E-state index contributed by atoms with van der Waals surface area (Å²) >= 11 is 0. The van der Waals surface area contributed by atoms with Crippen LogP contribution in [0.3, 0.4) is 0 Å². The molecule has 1 aliphatic carbocycles. The van der Waals surface area contributed by atoms with Crippen molar-refractivity contribution in [3.8, 4) is 0 Å². The van der Waals surface area contributed by atoms with Gasteiger partial charge in [0.25, 0.3) is 0 Å². The maximum atomic E-state index is 12.8. The van der Waals surface area contributed by atoms with Gasteiger partial charge in [-0.2, -0.15) is 0 Å². The van der Waals surface area contributed by atoms with E-state index in [0.29, 0.717) is 24.7 Å². The van der Waals surface area contributed by atoms with Crippen LogP contribution in [0.5, 0.6) is 0 Å². The van der Waals surface area contributed by atoms with Crippen molar-refractivity contribution in [1.82, 2.24) is 0 Å². The minimum absolute atomic E-state index is 0.0173. The normalized spacial score (nSPS) is 24.9. The van der Waals surface area contributed by atoms with Crippen molar-refractivity contribution < 1.29 is 14.4 Å². The molecule has 0 aromatic rings. The second-order valence-corrected chi connectivity index (χ2v) is 8.36. The maximum Gasteiger partial charge on any atom is 0.154 e. The van der Waals surface area contributed by atoms with Crippen LogP contribution in [0.2, 0.25) is 0 Å². The molecule has 0 aliphatic heterocycles. The van der Waals surface area contributed by atoms with E-state index >= 15 is 0 Å². The molecule has 0 aromatic carbocycles. The Morgan fingerprint density at radius 3 is 2.04 bits per heavy atom. The zero-order valence-corrected chi connectivity index (χ0v) is 15.7. The Kier molecular flexibility index (Phi) is 7.63. The molecule has 1 rings (SSSR count). The Hall–Kier alpha value is -0.990. The first-order chi connectivity index (χ1) is 10.6. The van der Waals surface area contributed by atoms with Gasteiger partial charge in [-0.1, -0.05) is 48.0 Å². The number of hydrogen-bond donors (Lipinski definition) is 0. The summed E-state index contributed by atoms with van der Waals surface area (Å²) in [5, 5.41) is 0. The molecule has 0 saturated heterocycles. The van der Waals surface area contributed by atoms with Crippen molar-refractivity contribution in [2.45, 2.75) is 73.6 Å². The molecule has 3 nitrogen and oxygen atoms in total. The fraction of sp³-hybridized carbons (Fsp3) is 0.850. The van der Waals surface area contributed by atoms with Gasteiger partial charge in [-0.05, 0) is 37.0 Å². The molecule has 0 spiro atoms. The van der Waals surface area contributed by atoms with Crippen LogP contribution < -0.4 is 0 Å². The molecular weight excluding hydrogens is 288 g/mol. The number of ketones is 3. The van der Waals surface area contributed by atoms with Gasteiger partial charge in [0, 0.05) is 12.3 Å². The van der Waals surface area contributed by atoms with Crippen LogP contribution in [0, 0.1) is 35.5 Å². The molecule has 0 aromatic heterocycles. The third kappa shape index (κ3) is 5.54. The Bertz CT molecular complexity index is 434. The Morgan fingerprint density at radius 2 is 1.57 bits per heavy atom. The molecule has 0 amide bonds. The molecule has 1 aliphatic rings.